The van der Waals surface area contributed by atoms with E-state index in [0.29, 0.717) is 11.3 Å². The van der Waals surface area contributed by atoms with E-state index in [0.717, 1.165) is 24.8 Å². The molecule has 3 nitrogen and oxygen atoms in total. The Morgan fingerprint density at radius 3 is 2.62 bits per heavy atom. The van der Waals surface area contributed by atoms with E-state index in [-0.39, 0.29) is 11.5 Å². The quantitative estimate of drug-likeness (QED) is 0.734. The second kappa shape index (κ2) is 3.89. The molecular weight excluding hydrogens is 202 g/mol. The largest absolute Gasteiger partial charge is 0.488 e. The molecular formula is C13H17NO2. The van der Waals surface area contributed by atoms with Crippen molar-refractivity contribution in [2.45, 2.75) is 45.1 Å². The molecule has 0 radical (unpaired) electrons. The van der Waals surface area contributed by atoms with Crippen LogP contribution in [0.3, 0.4) is 0 Å². The molecule has 2 rings (SSSR count). The van der Waals surface area contributed by atoms with Gasteiger partial charge in [-0.15, -0.1) is 0 Å². The van der Waals surface area contributed by atoms with Crippen LogP contribution in [0.15, 0.2) is 12.3 Å². The number of carbonyl (C=O) groups is 1. The number of aromatic nitrogens is 1. The highest BCUT2D eigenvalue weighted by Crippen LogP contribution is 2.35. The molecule has 1 heterocycles. The zero-order chi connectivity index (χ0) is 11.8. The van der Waals surface area contributed by atoms with Crippen LogP contribution in [0.4, 0.5) is 0 Å². The van der Waals surface area contributed by atoms with Gasteiger partial charge in [-0.25, -0.2) is 0 Å². The van der Waals surface area contributed by atoms with Crippen molar-refractivity contribution in [1.82, 2.24) is 4.98 Å². The van der Waals surface area contributed by atoms with Gasteiger partial charge >= 0.3 is 0 Å². The molecule has 0 spiro atoms. The van der Waals surface area contributed by atoms with Crippen molar-refractivity contribution >= 4 is 6.29 Å². The highest BCUT2D eigenvalue weighted by molar-refractivity contribution is 5.79. The van der Waals surface area contributed by atoms with Crippen molar-refractivity contribution in [1.29, 1.82) is 0 Å². The molecule has 0 bridgehead atoms. The van der Waals surface area contributed by atoms with E-state index in [1.807, 2.05) is 0 Å². The van der Waals surface area contributed by atoms with Crippen molar-refractivity contribution in [3.05, 3.63) is 23.5 Å². The summed E-state index contributed by atoms with van der Waals surface area (Å²) < 4.78 is 5.81. The first-order valence-electron chi connectivity index (χ1n) is 5.63. The van der Waals surface area contributed by atoms with Crippen molar-refractivity contribution in [2.24, 2.45) is 0 Å². The average Bonchev–Trinajstić information content (AvgIpc) is 3.00. The lowest BCUT2D eigenvalue weighted by Crippen LogP contribution is -2.17. The lowest BCUT2D eigenvalue weighted by molar-refractivity contribution is 0.111. The number of ether oxygens (including phenoxy) is 1. The summed E-state index contributed by atoms with van der Waals surface area (Å²) in [6.07, 6.45) is 4.95. The fourth-order valence-electron chi connectivity index (χ4n) is 1.57. The molecule has 1 saturated carbocycles. The number of hydrogen-bond donors (Lipinski definition) is 0. The minimum absolute atomic E-state index is 0.108. The number of pyridine rings is 1. The van der Waals surface area contributed by atoms with Gasteiger partial charge in [-0.3, -0.25) is 9.78 Å². The molecule has 3 heteroatoms. The van der Waals surface area contributed by atoms with E-state index < -0.39 is 0 Å². The van der Waals surface area contributed by atoms with E-state index in [9.17, 15) is 4.79 Å². The Morgan fingerprint density at radius 2 is 2.12 bits per heavy atom. The first kappa shape index (κ1) is 11.1. The van der Waals surface area contributed by atoms with Crippen molar-refractivity contribution in [3.63, 3.8) is 0 Å². The lowest BCUT2D eigenvalue weighted by Gasteiger charge is -2.22. The molecule has 0 amide bonds. The maximum Gasteiger partial charge on any atom is 0.153 e. The van der Waals surface area contributed by atoms with Gasteiger partial charge in [-0.2, -0.15) is 0 Å². The lowest BCUT2D eigenvalue weighted by atomic mass is 9.90. The first-order valence-corrected chi connectivity index (χ1v) is 5.63. The van der Waals surface area contributed by atoms with Crippen molar-refractivity contribution < 1.29 is 9.53 Å². The van der Waals surface area contributed by atoms with Crippen LogP contribution in [0.1, 0.15) is 49.7 Å². The number of aldehydes is 1. The fourth-order valence-corrected chi connectivity index (χ4v) is 1.57. The number of hydrogen-bond acceptors (Lipinski definition) is 3. The Bertz CT molecular complexity index is 403. The summed E-state index contributed by atoms with van der Waals surface area (Å²) in [5.41, 5.74) is 1.36. The maximum atomic E-state index is 11.0. The summed E-state index contributed by atoms with van der Waals surface area (Å²) in [7, 11) is 0. The van der Waals surface area contributed by atoms with Gasteiger partial charge in [0.2, 0.25) is 0 Å². The van der Waals surface area contributed by atoms with Crippen LogP contribution in [-0.4, -0.2) is 17.4 Å². The maximum absolute atomic E-state index is 11.0. The normalized spacial score (nSPS) is 15.9. The Hall–Kier alpha value is -1.38. The Morgan fingerprint density at radius 1 is 1.44 bits per heavy atom. The van der Waals surface area contributed by atoms with Crippen LogP contribution < -0.4 is 4.74 Å². The minimum Gasteiger partial charge on any atom is -0.488 e. The van der Waals surface area contributed by atoms with Crippen LogP contribution in [0.2, 0.25) is 0 Å². The van der Waals surface area contributed by atoms with E-state index in [4.69, 9.17) is 4.74 Å². The monoisotopic (exact) mass is 219 g/mol. The molecule has 1 aromatic heterocycles. The van der Waals surface area contributed by atoms with Gasteiger partial charge in [0, 0.05) is 11.6 Å². The molecule has 1 aromatic rings. The van der Waals surface area contributed by atoms with E-state index in [2.05, 4.69) is 25.8 Å². The van der Waals surface area contributed by atoms with Gasteiger partial charge < -0.3 is 4.74 Å². The predicted molar refractivity (Wildman–Crippen MR) is 62.0 cm³/mol. The SMILES string of the molecule is CC(C)(C)c1nccc(C=O)c1OC1CC1. The topological polar surface area (TPSA) is 39.2 Å². The summed E-state index contributed by atoms with van der Waals surface area (Å²) >= 11 is 0. The van der Waals surface area contributed by atoms with Gasteiger partial charge in [0.25, 0.3) is 0 Å². The van der Waals surface area contributed by atoms with Crippen LogP contribution >= 0.6 is 0 Å². The standard InChI is InChI=1S/C13H17NO2/c1-13(2,3)12-11(16-10-4-5-10)9(8-15)6-7-14-12/h6-8,10H,4-5H2,1-3H3. The molecule has 1 aliphatic rings. The van der Waals surface area contributed by atoms with Gasteiger partial charge in [-0.05, 0) is 18.9 Å². The molecule has 16 heavy (non-hydrogen) atoms. The van der Waals surface area contributed by atoms with Gasteiger partial charge in [0.05, 0.1) is 17.4 Å². The zero-order valence-electron chi connectivity index (χ0n) is 9.99. The van der Waals surface area contributed by atoms with Crippen LogP contribution in [0.5, 0.6) is 5.75 Å². The fraction of sp³-hybridized carbons (Fsp3) is 0.538. The van der Waals surface area contributed by atoms with Crippen LogP contribution in [0, 0.1) is 0 Å². The molecule has 0 unspecified atom stereocenters. The van der Waals surface area contributed by atoms with Crippen molar-refractivity contribution in [3.8, 4) is 5.75 Å². The zero-order valence-corrected chi connectivity index (χ0v) is 9.99. The number of nitrogens with zero attached hydrogens (tertiary/aromatic N) is 1. The third-order valence-electron chi connectivity index (χ3n) is 2.58. The van der Waals surface area contributed by atoms with Crippen molar-refractivity contribution in [2.75, 3.05) is 0 Å². The van der Waals surface area contributed by atoms with Gasteiger partial charge in [0.15, 0.2) is 12.0 Å². The molecule has 0 aliphatic heterocycles. The molecule has 86 valence electrons. The second-order valence-corrected chi connectivity index (χ2v) is 5.26. The van der Waals surface area contributed by atoms with E-state index >= 15 is 0 Å². The average molecular weight is 219 g/mol. The van der Waals surface area contributed by atoms with Gasteiger partial charge in [-0.1, -0.05) is 20.8 Å². The smallest absolute Gasteiger partial charge is 0.153 e. The third kappa shape index (κ3) is 2.23. The molecule has 1 aliphatic carbocycles. The molecule has 0 saturated heterocycles. The summed E-state index contributed by atoms with van der Waals surface area (Å²) in [5, 5.41) is 0. The molecule has 0 aromatic carbocycles. The Labute approximate surface area is 95.8 Å². The van der Waals surface area contributed by atoms with E-state index in [1.54, 1.807) is 12.3 Å². The second-order valence-electron chi connectivity index (χ2n) is 5.26. The van der Waals surface area contributed by atoms with Crippen LogP contribution in [0.25, 0.3) is 0 Å². The highest BCUT2D eigenvalue weighted by atomic mass is 16.5. The van der Waals surface area contributed by atoms with E-state index in [1.165, 1.54) is 0 Å². The third-order valence-corrected chi connectivity index (χ3v) is 2.58. The van der Waals surface area contributed by atoms with Gasteiger partial charge in [0.1, 0.15) is 0 Å². The summed E-state index contributed by atoms with van der Waals surface area (Å²) in [4.78, 5) is 15.4. The molecule has 0 atom stereocenters. The Balaban J connectivity index is 2.44. The highest BCUT2D eigenvalue weighted by Gasteiger charge is 2.29. The van der Waals surface area contributed by atoms with Crippen LogP contribution in [-0.2, 0) is 5.41 Å². The summed E-state index contributed by atoms with van der Waals surface area (Å²) in [6, 6.07) is 1.71. The molecule has 0 N–H and O–H groups in total. The number of carbonyl (C=O) groups excluding carboxylic acids is 1. The Kier molecular flexibility index (Phi) is 2.70. The number of rotatable bonds is 3. The first-order chi connectivity index (χ1) is 7.52. The minimum atomic E-state index is -0.108. The predicted octanol–water partition coefficient (Wildman–Crippen LogP) is 2.73. The summed E-state index contributed by atoms with van der Waals surface area (Å²) in [5.74, 6) is 0.674. The molecule has 1 fully saturated rings. The summed E-state index contributed by atoms with van der Waals surface area (Å²) in [6.45, 7) is 6.22.